The van der Waals surface area contributed by atoms with Gasteiger partial charge in [-0.3, -0.25) is 0 Å². The normalized spacial score (nSPS) is 29.7. The Morgan fingerprint density at radius 1 is 1.17 bits per heavy atom. The average Bonchev–Trinajstić information content (AvgIpc) is 3.25. The molecule has 0 unspecified atom stereocenters. The fourth-order valence-corrected chi connectivity index (χ4v) is 4.57. The number of ether oxygens (including phenoxy) is 1. The monoisotopic (exact) mass is 334 g/mol. The molecule has 0 N–H and O–H groups in total. The summed E-state index contributed by atoms with van der Waals surface area (Å²) in [6.45, 7) is 3.15. The van der Waals surface area contributed by atoms with Crippen molar-refractivity contribution in [3.05, 3.63) is 17.8 Å². The molecule has 2 fully saturated rings. The Hall–Kier alpha value is -1.20. The summed E-state index contributed by atoms with van der Waals surface area (Å²) in [6.07, 6.45) is 11.2. The lowest BCUT2D eigenvalue weighted by molar-refractivity contribution is 0.00737. The molecule has 2 aromatic heterocycles. The highest BCUT2D eigenvalue weighted by Crippen LogP contribution is 2.52. The minimum atomic E-state index is 0.439. The van der Waals surface area contributed by atoms with Gasteiger partial charge in [-0.05, 0) is 37.5 Å². The summed E-state index contributed by atoms with van der Waals surface area (Å²) in [7, 11) is 0. The van der Waals surface area contributed by atoms with Crippen LogP contribution in [0, 0.1) is 11.8 Å². The molecule has 2 bridgehead atoms. The van der Waals surface area contributed by atoms with Gasteiger partial charge in [0.1, 0.15) is 11.8 Å². The van der Waals surface area contributed by atoms with Crippen LogP contribution < -0.4 is 0 Å². The highest BCUT2D eigenvalue weighted by molar-refractivity contribution is 6.33. The van der Waals surface area contributed by atoms with Gasteiger partial charge in [0, 0.05) is 12.6 Å². The van der Waals surface area contributed by atoms with Crippen LogP contribution >= 0.6 is 11.6 Å². The number of rotatable bonds is 6. The molecule has 0 saturated heterocycles. The van der Waals surface area contributed by atoms with Crippen LogP contribution in [0.5, 0.6) is 0 Å². The van der Waals surface area contributed by atoms with Gasteiger partial charge in [-0.25, -0.2) is 15.0 Å². The molecule has 2 aromatic rings. The Bertz CT molecular complexity index is 688. The fraction of sp³-hybridized carbons (Fsp3) is 0.706. The van der Waals surface area contributed by atoms with Crippen LogP contribution in [0.15, 0.2) is 12.7 Å². The van der Waals surface area contributed by atoms with Crippen LogP contribution in [0.1, 0.15) is 51.5 Å². The van der Waals surface area contributed by atoms with Crippen LogP contribution in [0.3, 0.4) is 0 Å². The van der Waals surface area contributed by atoms with Crippen LogP contribution in [0.25, 0.3) is 11.2 Å². The van der Waals surface area contributed by atoms with Crippen molar-refractivity contribution in [2.75, 3.05) is 6.61 Å². The second-order valence-corrected chi connectivity index (χ2v) is 7.26. The first-order valence-electron chi connectivity index (χ1n) is 8.72. The van der Waals surface area contributed by atoms with E-state index in [9.17, 15) is 0 Å². The maximum Gasteiger partial charge on any atom is 0.165 e. The standard InChI is InChI=1S/C17H23ClN4O/c1-2-3-4-5-23-14-8-11-6-12(14)7-13(11)22-10-21-15-16(18)19-9-20-17(15)22/h9-14H,2-8H2,1H3/t11-,12-,13+,14+/m1/s1. The van der Waals surface area contributed by atoms with Gasteiger partial charge in [0.25, 0.3) is 0 Å². The van der Waals surface area contributed by atoms with Gasteiger partial charge in [-0.15, -0.1) is 0 Å². The van der Waals surface area contributed by atoms with Crippen molar-refractivity contribution in [3.63, 3.8) is 0 Å². The van der Waals surface area contributed by atoms with Crippen LogP contribution in [0.2, 0.25) is 5.15 Å². The van der Waals surface area contributed by atoms with Gasteiger partial charge in [0.15, 0.2) is 10.8 Å². The molecule has 124 valence electrons. The van der Waals surface area contributed by atoms with E-state index in [0.29, 0.717) is 34.7 Å². The maximum absolute atomic E-state index is 6.14. The molecular weight excluding hydrogens is 312 g/mol. The Morgan fingerprint density at radius 3 is 2.87 bits per heavy atom. The molecule has 2 saturated carbocycles. The number of imidazole rings is 1. The van der Waals surface area contributed by atoms with Crippen molar-refractivity contribution in [2.45, 2.75) is 57.6 Å². The van der Waals surface area contributed by atoms with E-state index in [0.717, 1.165) is 18.7 Å². The van der Waals surface area contributed by atoms with E-state index < -0.39 is 0 Å². The van der Waals surface area contributed by atoms with Crippen molar-refractivity contribution in [1.29, 1.82) is 0 Å². The first-order valence-corrected chi connectivity index (χ1v) is 9.10. The predicted molar refractivity (Wildman–Crippen MR) is 89.5 cm³/mol. The second-order valence-electron chi connectivity index (χ2n) is 6.90. The number of halogens is 1. The number of unbranched alkanes of at least 4 members (excludes halogenated alkanes) is 2. The predicted octanol–water partition coefficient (Wildman–Crippen LogP) is 4.03. The summed E-state index contributed by atoms with van der Waals surface area (Å²) < 4.78 is 8.35. The third-order valence-electron chi connectivity index (χ3n) is 5.51. The van der Waals surface area contributed by atoms with E-state index in [-0.39, 0.29) is 0 Å². The zero-order valence-corrected chi connectivity index (χ0v) is 14.2. The summed E-state index contributed by atoms with van der Waals surface area (Å²) >= 11 is 6.12. The molecule has 0 amide bonds. The number of nitrogens with zero attached hydrogens (tertiary/aromatic N) is 4. The zero-order valence-electron chi connectivity index (χ0n) is 13.5. The van der Waals surface area contributed by atoms with E-state index in [2.05, 4.69) is 26.4 Å². The molecule has 5 nitrogen and oxygen atoms in total. The van der Waals surface area contributed by atoms with E-state index in [4.69, 9.17) is 16.3 Å². The molecule has 0 spiro atoms. The van der Waals surface area contributed by atoms with Crippen LogP contribution in [-0.4, -0.2) is 32.2 Å². The third kappa shape index (κ3) is 2.74. The SMILES string of the molecule is CCCCCO[C@H]1C[C@H]2C[C@@H]1C[C@@H]2n1cnc2c(Cl)ncnc21. The van der Waals surface area contributed by atoms with E-state index in [1.807, 2.05) is 6.33 Å². The number of hydrogen-bond acceptors (Lipinski definition) is 4. The minimum absolute atomic E-state index is 0.439. The van der Waals surface area contributed by atoms with Crippen LogP contribution in [0.4, 0.5) is 0 Å². The summed E-state index contributed by atoms with van der Waals surface area (Å²) in [5.74, 6) is 1.35. The highest BCUT2D eigenvalue weighted by Gasteiger charge is 2.47. The minimum Gasteiger partial charge on any atom is -0.378 e. The second kappa shape index (κ2) is 6.36. The van der Waals surface area contributed by atoms with Gasteiger partial charge < -0.3 is 9.30 Å². The Balaban J connectivity index is 1.44. The van der Waals surface area contributed by atoms with E-state index >= 15 is 0 Å². The van der Waals surface area contributed by atoms with Crippen molar-refractivity contribution < 1.29 is 4.74 Å². The number of fused-ring (bicyclic) bond motifs is 3. The summed E-state index contributed by atoms with van der Waals surface area (Å²) in [5.41, 5.74) is 1.58. The number of aromatic nitrogens is 4. The molecule has 23 heavy (non-hydrogen) atoms. The summed E-state index contributed by atoms with van der Waals surface area (Å²) in [5, 5.41) is 0.439. The lowest BCUT2D eigenvalue weighted by atomic mass is 9.92. The van der Waals surface area contributed by atoms with Gasteiger partial charge in [-0.1, -0.05) is 31.4 Å². The first kappa shape index (κ1) is 15.3. The lowest BCUT2D eigenvalue weighted by Gasteiger charge is -2.29. The van der Waals surface area contributed by atoms with Gasteiger partial charge in [-0.2, -0.15) is 0 Å². The highest BCUT2D eigenvalue weighted by atomic mass is 35.5. The molecule has 4 rings (SSSR count). The van der Waals surface area contributed by atoms with Crippen molar-refractivity contribution in [1.82, 2.24) is 19.5 Å². The molecule has 6 heteroatoms. The molecule has 4 atom stereocenters. The quantitative estimate of drug-likeness (QED) is 0.591. The van der Waals surface area contributed by atoms with Gasteiger partial charge in [0.2, 0.25) is 0 Å². The molecule has 0 aromatic carbocycles. The van der Waals surface area contributed by atoms with Gasteiger partial charge >= 0.3 is 0 Å². The van der Waals surface area contributed by atoms with Crippen molar-refractivity contribution >= 4 is 22.8 Å². The third-order valence-corrected chi connectivity index (χ3v) is 5.78. The average molecular weight is 335 g/mol. The largest absolute Gasteiger partial charge is 0.378 e. The molecule has 2 heterocycles. The van der Waals surface area contributed by atoms with Gasteiger partial charge in [0.05, 0.1) is 12.4 Å². The van der Waals surface area contributed by atoms with Crippen molar-refractivity contribution in [3.8, 4) is 0 Å². The Morgan fingerprint density at radius 2 is 2.09 bits per heavy atom. The molecule has 0 radical (unpaired) electrons. The first-order chi connectivity index (χ1) is 11.3. The summed E-state index contributed by atoms with van der Waals surface area (Å²) in [4.78, 5) is 12.8. The molecule has 0 aliphatic heterocycles. The fourth-order valence-electron chi connectivity index (χ4n) is 4.39. The molecule has 2 aliphatic carbocycles. The zero-order chi connectivity index (χ0) is 15.8. The van der Waals surface area contributed by atoms with Crippen LogP contribution in [-0.2, 0) is 4.74 Å². The Kier molecular flexibility index (Phi) is 4.24. The Labute approximate surface area is 141 Å². The molecule has 2 aliphatic rings. The topological polar surface area (TPSA) is 52.8 Å². The maximum atomic E-state index is 6.14. The smallest absolute Gasteiger partial charge is 0.165 e. The van der Waals surface area contributed by atoms with Crippen molar-refractivity contribution in [2.24, 2.45) is 11.8 Å². The number of hydrogen-bond donors (Lipinski definition) is 0. The van der Waals surface area contributed by atoms with E-state index in [1.165, 1.54) is 38.4 Å². The summed E-state index contributed by atoms with van der Waals surface area (Å²) in [6, 6.07) is 0.478. The lowest BCUT2D eigenvalue weighted by Crippen LogP contribution is -2.26. The molecular formula is C17H23ClN4O. The van der Waals surface area contributed by atoms with E-state index in [1.54, 1.807) is 0 Å².